The number of carbonyl (C=O) groups excluding carboxylic acids is 1. The summed E-state index contributed by atoms with van der Waals surface area (Å²) in [5, 5.41) is 4.09. The van der Waals surface area contributed by atoms with E-state index in [4.69, 9.17) is 14.9 Å². The van der Waals surface area contributed by atoms with Crippen molar-refractivity contribution in [2.45, 2.75) is 13.5 Å². The second-order valence-electron chi connectivity index (χ2n) is 4.48. The summed E-state index contributed by atoms with van der Waals surface area (Å²) in [4.78, 5) is 15.9. The topological polar surface area (TPSA) is 96.2 Å². The minimum atomic E-state index is -0.394. The zero-order valence-electron chi connectivity index (χ0n) is 11.4. The lowest BCUT2D eigenvalue weighted by Crippen LogP contribution is -2.04. The highest BCUT2D eigenvalue weighted by Gasteiger charge is 2.11. The third kappa shape index (κ3) is 2.71. The maximum atomic E-state index is 11.6. The average molecular weight is 286 g/mol. The minimum absolute atomic E-state index is 0.327. The van der Waals surface area contributed by atoms with Crippen LogP contribution in [-0.2, 0) is 11.3 Å². The standard InChI is InChI=1S/C14H14N4O3/c1-2-20-14(19)9-6-16-18(7-9)8-13-17-11-5-10(15)3-4-12(11)21-13/h3-7H,2,8,15H2,1H3. The number of fused-ring (bicyclic) bond motifs is 1. The summed E-state index contributed by atoms with van der Waals surface area (Å²) in [6, 6.07) is 5.27. The van der Waals surface area contributed by atoms with E-state index in [0.717, 1.165) is 0 Å². The zero-order chi connectivity index (χ0) is 14.8. The van der Waals surface area contributed by atoms with Gasteiger partial charge in [-0.1, -0.05) is 0 Å². The van der Waals surface area contributed by atoms with Crippen LogP contribution in [0.5, 0.6) is 0 Å². The normalized spacial score (nSPS) is 10.9. The molecule has 0 spiro atoms. The van der Waals surface area contributed by atoms with Crippen LogP contribution in [-0.4, -0.2) is 27.3 Å². The molecule has 21 heavy (non-hydrogen) atoms. The average Bonchev–Trinajstić information content (AvgIpc) is 3.05. The maximum absolute atomic E-state index is 11.6. The number of aromatic nitrogens is 3. The first-order chi connectivity index (χ1) is 10.2. The monoisotopic (exact) mass is 286 g/mol. The number of esters is 1. The molecule has 108 valence electrons. The first-order valence-electron chi connectivity index (χ1n) is 6.50. The van der Waals surface area contributed by atoms with E-state index in [2.05, 4.69) is 10.1 Å². The predicted octanol–water partition coefficient (Wildman–Crippen LogP) is 1.83. The van der Waals surface area contributed by atoms with E-state index in [1.54, 1.807) is 36.0 Å². The summed E-state index contributed by atoms with van der Waals surface area (Å²) in [6.07, 6.45) is 3.06. The Balaban J connectivity index is 1.80. The van der Waals surface area contributed by atoms with E-state index >= 15 is 0 Å². The van der Waals surface area contributed by atoms with Crippen molar-refractivity contribution < 1.29 is 13.9 Å². The number of ether oxygens (including phenoxy) is 1. The van der Waals surface area contributed by atoms with Crippen LogP contribution in [0.15, 0.2) is 35.0 Å². The van der Waals surface area contributed by atoms with Gasteiger partial charge in [-0.2, -0.15) is 5.10 Å². The van der Waals surface area contributed by atoms with Crippen LogP contribution in [0.4, 0.5) is 5.69 Å². The number of carbonyl (C=O) groups is 1. The molecule has 0 atom stereocenters. The number of anilines is 1. The number of nitrogens with zero attached hydrogens (tertiary/aromatic N) is 3. The van der Waals surface area contributed by atoms with Crippen molar-refractivity contribution in [1.29, 1.82) is 0 Å². The predicted molar refractivity (Wildman–Crippen MR) is 75.7 cm³/mol. The minimum Gasteiger partial charge on any atom is -0.462 e. The fourth-order valence-corrected chi connectivity index (χ4v) is 1.97. The van der Waals surface area contributed by atoms with Crippen LogP contribution in [0, 0.1) is 0 Å². The number of benzene rings is 1. The summed E-state index contributed by atoms with van der Waals surface area (Å²) in [6.45, 7) is 2.41. The van der Waals surface area contributed by atoms with E-state index in [1.807, 2.05) is 0 Å². The second kappa shape index (κ2) is 5.28. The highest BCUT2D eigenvalue weighted by atomic mass is 16.5. The van der Waals surface area contributed by atoms with Crippen LogP contribution in [0.25, 0.3) is 11.1 Å². The van der Waals surface area contributed by atoms with E-state index in [9.17, 15) is 4.79 Å². The van der Waals surface area contributed by atoms with Gasteiger partial charge in [-0.3, -0.25) is 4.68 Å². The Labute approximate surface area is 120 Å². The molecule has 0 saturated carbocycles. The highest BCUT2D eigenvalue weighted by molar-refractivity contribution is 5.88. The van der Waals surface area contributed by atoms with Crippen molar-refractivity contribution in [3.05, 3.63) is 42.0 Å². The molecule has 2 N–H and O–H groups in total. The molecule has 0 fully saturated rings. The van der Waals surface area contributed by atoms with Crippen molar-refractivity contribution in [1.82, 2.24) is 14.8 Å². The Hall–Kier alpha value is -2.83. The Morgan fingerprint density at radius 3 is 3.14 bits per heavy atom. The van der Waals surface area contributed by atoms with Gasteiger partial charge in [0.05, 0.1) is 18.4 Å². The molecule has 0 radical (unpaired) electrons. The van der Waals surface area contributed by atoms with Gasteiger partial charge < -0.3 is 14.9 Å². The van der Waals surface area contributed by atoms with Gasteiger partial charge in [0.2, 0.25) is 5.89 Å². The Bertz CT molecular complexity index is 790. The molecule has 2 heterocycles. The van der Waals surface area contributed by atoms with Crippen molar-refractivity contribution >= 4 is 22.8 Å². The Morgan fingerprint density at radius 2 is 2.33 bits per heavy atom. The fraction of sp³-hybridized carbons (Fsp3) is 0.214. The van der Waals surface area contributed by atoms with Gasteiger partial charge in [0.25, 0.3) is 0 Å². The maximum Gasteiger partial charge on any atom is 0.341 e. The summed E-state index contributed by atoms with van der Waals surface area (Å²) >= 11 is 0. The SMILES string of the molecule is CCOC(=O)c1cnn(Cc2nc3cc(N)ccc3o2)c1. The molecular formula is C14H14N4O3. The molecular weight excluding hydrogens is 272 g/mol. The van der Waals surface area contributed by atoms with Gasteiger partial charge in [0, 0.05) is 11.9 Å². The molecule has 3 rings (SSSR count). The Kier molecular flexibility index (Phi) is 3.31. The number of nitrogens with two attached hydrogens (primary N) is 1. The molecule has 7 heteroatoms. The van der Waals surface area contributed by atoms with E-state index < -0.39 is 5.97 Å². The van der Waals surface area contributed by atoms with Crippen LogP contribution in [0.3, 0.4) is 0 Å². The number of hydrogen-bond acceptors (Lipinski definition) is 6. The highest BCUT2D eigenvalue weighted by Crippen LogP contribution is 2.18. The molecule has 0 aliphatic heterocycles. The smallest absolute Gasteiger partial charge is 0.341 e. The number of rotatable bonds is 4. The molecule has 0 bridgehead atoms. The van der Waals surface area contributed by atoms with Crippen molar-refractivity contribution in [2.24, 2.45) is 0 Å². The van der Waals surface area contributed by atoms with Crippen LogP contribution in [0.1, 0.15) is 23.2 Å². The number of nitrogen functional groups attached to an aromatic ring is 1. The summed E-state index contributed by atoms with van der Waals surface area (Å²) in [7, 11) is 0. The Morgan fingerprint density at radius 1 is 1.48 bits per heavy atom. The number of hydrogen-bond donors (Lipinski definition) is 1. The lowest BCUT2D eigenvalue weighted by atomic mass is 10.3. The van der Waals surface area contributed by atoms with Crippen molar-refractivity contribution in [3.63, 3.8) is 0 Å². The van der Waals surface area contributed by atoms with Crippen LogP contribution in [0.2, 0.25) is 0 Å². The first-order valence-corrected chi connectivity index (χ1v) is 6.50. The first kappa shape index (κ1) is 13.2. The fourth-order valence-electron chi connectivity index (χ4n) is 1.97. The molecule has 0 unspecified atom stereocenters. The van der Waals surface area contributed by atoms with E-state index in [1.165, 1.54) is 6.20 Å². The summed E-state index contributed by atoms with van der Waals surface area (Å²) < 4.78 is 12.1. The lowest BCUT2D eigenvalue weighted by molar-refractivity contribution is 0.0526. The zero-order valence-corrected chi connectivity index (χ0v) is 11.4. The van der Waals surface area contributed by atoms with Gasteiger partial charge in [-0.25, -0.2) is 9.78 Å². The third-order valence-electron chi connectivity index (χ3n) is 2.90. The van der Waals surface area contributed by atoms with Gasteiger partial charge in [0.15, 0.2) is 5.58 Å². The van der Waals surface area contributed by atoms with Crippen LogP contribution < -0.4 is 5.73 Å². The van der Waals surface area contributed by atoms with Gasteiger partial charge in [-0.05, 0) is 25.1 Å². The summed E-state index contributed by atoms with van der Waals surface area (Å²) in [5.41, 5.74) is 8.09. The second-order valence-corrected chi connectivity index (χ2v) is 4.48. The van der Waals surface area contributed by atoms with E-state index in [0.29, 0.717) is 41.4 Å². The third-order valence-corrected chi connectivity index (χ3v) is 2.90. The molecule has 0 saturated heterocycles. The molecule has 2 aromatic heterocycles. The molecule has 0 aliphatic carbocycles. The molecule has 0 aliphatic rings. The molecule has 3 aromatic rings. The van der Waals surface area contributed by atoms with Gasteiger partial charge in [-0.15, -0.1) is 0 Å². The molecule has 1 aromatic carbocycles. The largest absolute Gasteiger partial charge is 0.462 e. The van der Waals surface area contributed by atoms with E-state index in [-0.39, 0.29) is 0 Å². The summed E-state index contributed by atoms with van der Waals surface area (Å²) in [5.74, 6) is 0.100. The molecule has 0 amide bonds. The molecule has 7 nitrogen and oxygen atoms in total. The lowest BCUT2D eigenvalue weighted by Gasteiger charge is -1.97. The van der Waals surface area contributed by atoms with Gasteiger partial charge in [0.1, 0.15) is 12.1 Å². The quantitative estimate of drug-likeness (QED) is 0.580. The number of oxazole rings is 1. The van der Waals surface area contributed by atoms with Crippen molar-refractivity contribution in [3.8, 4) is 0 Å². The van der Waals surface area contributed by atoms with Crippen molar-refractivity contribution in [2.75, 3.05) is 12.3 Å². The van der Waals surface area contributed by atoms with Crippen LogP contribution >= 0.6 is 0 Å². The van der Waals surface area contributed by atoms with Gasteiger partial charge >= 0.3 is 5.97 Å².